The van der Waals surface area contributed by atoms with Gasteiger partial charge in [-0.1, -0.05) is 42.5 Å². The predicted molar refractivity (Wildman–Crippen MR) is 135 cm³/mol. The number of carbonyl (C=O) groups is 2. The van der Waals surface area contributed by atoms with E-state index in [2.05, 4.69) is 5.32 Å². The molecule has 0 heterocycles. The van der Waals surface area contributed by atoms with Crippen LogP contribution in [0.3, 0.4) is 0 Å². The Kier molecular flexibility index (Phi) is 7.67. The van der Waals surface area contributed by atoms with Crippen LogP contribution in [0.5, 0.6) is 11.5 Å². The number of anilines is 1. The molecule has 0 spiro atoms. The maximum atomic E-state index is 13.1. The highest BCUT2D eigenvalue weighted by Gasteiger charge is 2.33. The summed E-state index contributed by atoms with van der Waals surface area (Å²) in [7, 11) is 3.08. The number of carbonyl (C=O) groups excluding carboxylic acids is 2. The van der Waals surface area contributed by atoms with Crippen molar-refractivity contribution in [1.82, 2.24) is 4.90 Å². The summed E-state index contributed by atoms with van der Waals surface area (Å²) < 4.78 is 10.6. The molecule has 0 aromatic heterocycles. The number of hydrogen-bond donors (Lipinski definition) is 2. The molecule has 1 aliphatic rings. The summed E-state index contributed by atoms with van der Waals surface area (Å²) in [6, 6.07) is 20.6. The number of hydrogen-bond acceptors (Lipinski definition) is 5. The van der Waals surface area contributed by atoms with Crippen LogP contribution in [0.25, 0.3) is 0 Å². The molecule has 35 heavy (non-hydrogen) atoms. The van der Waals surface area contributed by atoms with E-state index in [-0.39, 0.29) is 17.7 Å². The Morgan fingerprint density at radius 2 is 1.66 bits per heavy atom. The van der Waals surface area contributed by atoms with Crippen molar-refractivity contribution in [2.24, 2.45) is 11.7 Å². The van der Waals surface area contributed by atoms with Crippen molar-refractivity contribution < 1.29 is 19.1 Å². The molecule has 3 aromatic carbocycles. The van der Waals surface area contributed by atoms with E-state index in [0.717, 1.165) is 29.5 Å². The molecular weight excluding hydrogens is 442 g/mol. The molecule has 4 rings (SSSR count). The first-order chi connectivity index (χ1) is 17.0. The third kappa shape index (κ3) is 6.00. The topological polar surface area (TPSA) is 93.9 Å². The summed E-state index contributed by atoms with van der Waals surface area (Å²) in [5, 5.41) is 3.00. The van der Waals surface area contributed by atoms with Gasteiger partial charge in [0, 0.05) is 36.8 Å². The van der Waals surface area contributed by atoms with Crippen LogP contribution in [0.4, 0.5) is 5.69 Å². The number of nitrogens with one attached hydrogen (secondary N) is 1. The second kappa shape index (κ2) is 11.1. The Labute approximate surface area is 205 Å². The fourth-order valence-electron chi connectivity index (χ4n) is 4.03. The van der Waals surface area contributed by atoms with Crippen LogP contribution >= 0.6 is 0 Å². The van der Waals surface area contributed by atoms with Crippen molar-refractivity contribution in [2.45, 2.75) is 32.5 Å². The zero-order valence-electron chi connectivity index (χ0n) is 20.1. The zero-order valence-corrected chi connectivity index (χ0v) is 20.1. The number of nitrogens with two attached hydrogens (primary N) is 1. The summed E-state index contributed by atoms with van der Waals surface area (Å²) in [5.41, 5.74) is 9.85. The summed E-state index contributed by atoms with van der Waals surface area (Å²) >= 11 is 0. The number of rotatable bonds is 10. The van der Waals surface area contributed by atoms with Crippen LogP contribution in [0.15, 0.2) is 66.7 Å². The Balaban J connectivity index is 1.55. The maximum absolute atomic E-state index is 13.1. The lowest BCUT2D eigenvalue weighted by Crippen LogP contribution is -2.31. The molecule has 3 N–H and O–H groups in total. The van der Waals surface area contributed by atoms with Gasteiger partial charge in [0.15, 0.2) is 11.5 Å². The van der Waals surface area contributed by atoms with E-state index in [9.17, 15) is 9.59 Å². The van der Waals surface area contributed by atoms with E-state index in [4.69, 9.17) is 15.2 Å². The average Bonchev–Trinajstić information content (AvgIpc) is 3.74. The monoisotopic (exact) mass is 473 g/mol. The second-order valence-electron chi connectivity index (χ2n) is 8.67. The van der Waals surface area contributed by atoms with Gasteiger partial charge in [-0.05, 0) is 53.8 Å². The van der Waals surface area contributed by atoms with Crippen molar-refractivity contribution in [2.75, 3.05) is 19.5 Å². The fraction of sp³-hybridized carbons (Fsp3) is 0.286. The highest BCUT2D eigenvalue weighted by Crippen LogP contribution is 2.33. The molecule has 182 valence electrons. The van der Waals surface area contributed by atoms with Gasteiger partial charge in [0.05, 0.1) is 14.2 Å². The molecule has 7 nitrogen and oxygen atoms in total. The van der Waals surface area contributed by atoms with E-state index in [0.29, 0.717) is 42.4 Å². The first-order valence-corrected chi connectivity index (χ1v) is 11.7. The lowest BCUT2D eigenvalue weighted by Gasteiger charge is -2.25. The molecule has 3 aromatic rings. The molecule has 0 unspecified atom stereocenters. The quantitative estimate of drug-likeness (QED) is 0.457. The SMILES string of the molecule is COc1ccc(C(=O)Nc2ccccc2CN(Cc2cccc(CN)c2)C(=O)C2CC2)cc1OC. The number of methoxy groups -OCH3 is 2. The number of nitrogens with zero attached hydrogens (tertiary/aromatic N) is 1. The number of amides is 2. The lowest BCUT2D eigenvalue weighted by atomic mass is 10.1. The second-order valence-corrected chi connectivity index (χ2v) is 8.67. The van der Waals surface area contributed by atoms with Crippen molar-refractivity contribution in [3.05, 3.63) is 89.0 Å². The van der Waals surface area contributed by atoms with Crippen molar-refractivity contribution in [1.29, 1.82) is 0 Å². The molecule has 0 radical (unpaired) electrons. The van der Waals surface area contributed by atoms with Crippen LogP contribution in [0.1, 0.15) is 39.9 Å². The fourth-order valence-corrected chi connectivity index (χ4v) is 4.03. The van der Waals surface area contributed by atoms with E-state index in [1.54, 1.807) is 25.3 Å². The highest BCUT2D eigenvalue weighted by molar-refractivity contribution is 6.05. The minimum atomic E-state index is -0.269. The summed E-state index contributed by atoms with van der Waals surface area (Å²) in [4.78, 5) is 28.0. The molecule has 0 aliphatic heterocycles. The van der Waals surface area contributed by atoms with Gasteiger partial charge in [0.25, 0.3) is 5.91 Å². The van der Waals surface area contributed by atoms with Gasteiger partial charge in [-0.2, -0.15) is 0 Å². The Morgan fingerprint density at radius 3 is 2.37 bits per heavy atom. The molecule has 0 bridgehead atoms. The largest absolute Gasteiger partial charge is 0.493 e. The molecule has 0 saturated heterocycles. The van der Waals surface area contributed by atoms with Crippen LogP contribution in [-0.2, 0) is 24.4 Å². The van der Waals surface area contributed by atoms with Gasteiger partial charge in [0.2, 0.25) is 5.91 Å². The molecule has 7 heteroatoms. The van der Waals surface area contributed by atoms with Crippen molar-refractivity contribution in [3.63, 3.8) is 0 Å². The van der Waals surface area contributed by atoms with E-state index in [1.807, 2.05) is 53.4 Å². The summed E-state index contributed by atoms with van der Waals surface area (Å²) in [6.07, 6.45) is 1.85. The minimum Gasteiger partial charge on any atom is -0.493 e. The summed E-state index contributed by atoms with van der Waals surface area (Å²) in [5.74, 6) is 0.992. The standard InChI is InChI=1S/C28H31N3O4/c1-34-25-13-12-22(15-26(25)35-2)27(32)30-24-9-4-3-8-23(24)18-31(28(33)21-10-11-21)17-20-7-5-6-19(14-20)16-29/h3-9,12-15,21H,10-11,16-18,29H2,1-2H3,(H,30,32). The van der Waals surface area contributed by atoms with E-state index in [1.165, 1.54) is 7.11 Å². The van der Waals surface area contributed by atoms with Gasteiger partial charge in [0.1, 0.15) is 0 Å². The smallest absolute Gasteiger partial charge is 0.255 e. The molecule has 1 aliphatic carbocycles. The van der Waals surface area contributed by atoms with Gasteiger partial charge in [-0.25, -0.2) is 0 Å². The maximum Gasteiger partial charge on any atom is 0.255 e. The summed E-state index contributed by atoms with van der Waals surface area (Å²) in [6.45, 7) is 1.33. The van der Waals surface area contributed by atoms with E-state index < -0.39 is 0 Å². The van der Waals surface area contributed by atoms with Crippen LogP contribution < -0.4 is 20.5 Å². The van der Waals surface area contributed by atoms with E-state index >= 15 is 0 Å². The average molecular weight is 474 g/mol. The minimum absolute atomic E-state index is 0.0845. The molecule has 1 saturated carbocycles. The number of benzene rings is 3. The van der Waals surface area contributed by atoms with Crippen LogP contribution in [0.2, 0.25) is 0 Å². The third-order valence-corrected chi connectivity index (χ3v) is 6.11. The molecule has 2 amide bonds. The van der Waals surface area contributed by atoms with Crippen molar-refractivity contribution in [3.8, 4) is 11.5 Å². The van der Waals surface area contributed by atoms with Gasteiger partial charge in [-0.15, -0.1) is 0 Å². The predicted octanol–water partition coefficient (Wildman–Crippen LogP) is 4.35. The van der Waals surface area contributed by atoms with Crippen LogP contribution in [-0.4, -0.2) is 30.9 Å². The van der Waals surface area contributed by atoms with Gasteiger partial charge in [-0.3, -0.25) is 9.59 Å². The normalized spacial score (nSPS) is 12.7. The third-order valence-electron chi connectivity index (χ3n) is 6.11. The number of ether oxygens (including phenoxy) is 2. The molecule has 0 atom stereocenters. The zero-order chi connectivity index (χ0) is 24.8. The first kappa shape index (κ1) is 24.3. The highest BCUT2D eigenvalue weighted by atomic mass is 16.5. The van der Waals surface area contributed by atoms with Crippen molar-refractivity contribution >= 4 is 17.5 Å². The Morgan fingerprint density at radius 1 is 0.914 bits per heavy atom. The Hall–Kier alpha value is -3.84. The molecular formula is C28H31N3O4. The van der Waals surface area contributed by atoms with Gasteiger partial charge >= 0.3 is 0 Å². The Bertz CT molecular complexity index is 1210. The first-order valence-electron chi connectivity index (χ1n) is 11.7. The number of para-hydroxylation sites is 1. The lowest BCUT2D eigenvalue weighted by molar-refractivity contribution is -0.133. The van der Waals surface area contributed by atoms with Gasteiger partial charge < -0.3 is 25.4 Å². The molecule has 1 fully saturated rings. The van der Waals surface area contributed by atoms with Crippen LogP contribution in [0, 0.1) is 5.92 Å².